The van der Waals surface area contributed by atoms with Crippen molar-refractivity contribution in [1.29, 1.82) is 0 Å². The number of carbonyl (C=O) groups is 1. The van der Waals surface area contributed by atoms with Crippen molar-refractivity contribution in [2.24, 2.45) is 11.7 Å². The Morgan fingerprint density at radius 1 is 1.17 bits per heavy atom. The number of nitrogens with two attached hydrogens (primary N) is 2. The van der Waals surface area contributed by atoms with Gasteiger partial charge in [-0.15, -0.1) is 11.8 Å². The fraction of sp³-hybridized carbons (Fsp3) is 0.381. The molecule has 3 rings (SSSR count). The summed E-state index contributed by atoms with van der Waals surface area (Å²) in [4.78, 5) is 9.57. The van der Waals surface area contributed by atoms with Crippen molar-refractivity contribution < 1.29 is 18.0 Å². The molecule has 0 spiro atoms. The Kier molecular flexibility index (Phi) is 8.17. The Balaban J connectivity index is 0.000000575. The van der Waals surface area contributed by atoms with E-state index in [4.69, 9.17) is 11.7 Å². The first-order chi connectivity index (χ1) is 14.0. The van der Waals surface area contributed by atoms with Crippen LogP contribution in [0.5, 0.6) is 0 Å². The summed E-state index contributed by atoms with van der Waals surface area (Å²) in [5, 5.41) is 2.49. The quantitative estimate of drug-likeness (QED) is 0.228. The van der Waals surface area contributed by atoms with Gasteiger partial charge in [0.2, 0.25) is 6.41 Å². The zero-order valence-corrected chi connectivity index (χ0v) is 18.1. The van der Waals surface area contributed by atoms with Crippen LogP contribution in [0.15, 0.2) is 41.3 Å². The van der Waals surface area contributed by atoms with Crippen molar-refractivity contribution in [3.8, 4) is 0 Å². The second-order valence-electron chi connectivity index (χ2n) is 7.29. The van der Waals surface area contributed by atoms with Gasteiger partial charge in [-0.2, -0.15) is 13.2 Å². The van der Waals surface area contributed by atoms with Gasteiger partial charge in [-0.1, -0.05) is 18.2 Å². The number of halogens is 3. The molecule has 0 aliphatic heterocycles. The van der Waals surface area contributed by atoms with Gasteiger partial charge >= 0.3 is 6.18 Å². The molecule has 164 valence electrons. The van der Waals surface area contributed by atoms with Crippen molar-refractivity contribution >= 4 is 23.9 Å². The molecule has 0 heterocycles. The molecule has 1 fully saturated rings. The van der Waals surface area contributed by atoms with E-state index in [1.807, 2.05) is 12.1 Å². The molecule has 2 aromatic carbocycles. The molecule has 0 unspecified atom stereocenters. The third-order valence-electron chi connectivity index (χ3n) is 4.57. The van der Waals surface area contributed by atoms with Crippen LogP contribution < -0.4 is 16.7 Å². The molecule has 1 amide bonds. The zero-order chi connectivity index (χ0) is 22.5. The van der Waals surface area contributed by atoms with E-state index in [-0.39, 0.29) is 4.90 Å². The molecule has 1 aliphatic rings. The zero-order valence-electron chi connectivity index (χ0n) is 17.2. The number of anilines is 1. The second-order valence-corrected chi connectivity index (χ2v) is 8.30. The van der Waals surface area contributed by atoms with Crippen LogP contribution in [0, 0.1) is 6.92 Å². The summed E-state index contributed by atoms with van der Waals surface area (Å²) in [5.41, 5.74) is 3.37. The average Bonchev–Trinajstić information content (AvgIpc) is 3.50. The van der Waals surface area contributed by atoms with Crippen LogP contribution >= 0.6 is 11.8 Å². The molecule has 1 aliphatic carbocycles. The van der Waals surface area contributed by atoms with Gasteiger partial charge in [-0.05, 0) is 60.6 Å². The van der Waals surface area contributed by atoms with Gasteiger partial charge in [0, 0.05) is 24.7 Å². The standard InChI is InChI=1S/C19H21F3N2S.C2H6N2O/c1-12-6-9-16(19(20,21)22)18(10-12)25-11-15-14(13-7-8-13)4-3-5-17(15)24(2)23;1-4(3)2-5/h3-6,9-10,13H,7-8,11,23H2,1-2H3;2H,3H2,1H3. The van der Waals surface area contributed by atoms with Crippen molar-refractivity contribution in [3.05, 3.63) is 58.7 Å². The monoisotopic (exact) mass is 440 g/mol. The highest BCUT2D eigenvalue weighted by Gasteiger charge is 2.34. The number of alkyl halides is 3. The molecule has 5 nitrogen and oxygen atoms in total. The van der Waals surface area contributed by atoms with E-state index < -0.39 is 11.7 Å². The molecule has 0 saturated heterocycles. The Bertz CT molecular complexity index is 848. The van der Waals surface area contributed by atoms with Gasteiger partial charge in [-0.25, -0.2) is 11.7 Å². The normalized spacial score (nSPS) is 13.3. The molecule has 0 atom stereocenters. The van der Waals surface area contributed by atoms with Gasteiger partial charge in [0.15, 0.2) is 0 Å². The highest BCUT2D eigenvalue weighted by molar-refractivity contribution is 7.98. The van der Waals surface area contributed by atoms with E-state index in [1.165, 1.54) is 36.5 Å². The van der Waals surface area contributed by atoms with Crippen LogP contribution in [0.3, 0.4) is 0 Å². The van der Waals surface area contributed by atoms with Crippen LogP contribution in [-0.4, -0.2) is 25.5 Å². The van der Waals surface area contributed by atoms with Crippen LogP contribution in [0.2, 0.25) is 0 Å². The molecular formula is C21H27F3N4OS. The largest absolute Gasteiger partial charge is 0.417 e. The summed E-state index contributed by atoms with van der Waals surface area (Å²) in [6.07, 6.45) is -1.55. The molecule has 0 aromatic heterocycles. The van der Waals surface area contributed by atoms with E-state index >= 15 is 0 Å². The van der Waals surface area contributed by atoms with Crippen molar-refractivity contribution in [2.75, 3.05) is 19.1 Å². The van der Waals surface area contributed by atoms with Gasteiger partial charge in [0.25, 0.3) is 0 Å². The maximum atomic E-state index is 13.3. The van der Waals surface area contributed by atoms with Crippen molar-refractivity contribution in [1.82, 2.24) is 5.01 Å². The van der Waals surface area contributed by atoms with Crippen molar-refractivity contribution in [2.45, 2.75) is 42.5 Å². The van der Waals surface area contributed by atoms with E-state index in [2.05, 4.69) is 6.07 Å². The van der Waals surface area contributed by atoms with Crippen LogP contribution in [0.4, 0.5) is 18.9 Å². The van der Waals surface area contributed by atoms with E-state index in [9.17, 15) is 18.0 Å². The first-order valence-corrected chi connectivity index (χ1v) is 10.4. The lowest BCUT2D eigenvalue weighted by molar-refractivity contribution is -0.139. The SMILES string of the molecule is CN(N)C=O.Cc1ccc(C(F)(F)F)c(SCc2c(C3CC3)cccc2N(C)N)c1. The van der Waals surface area contributed by atoms with Crippen molar-refractivity contribution in [3.63, 3.8) is 0 Å². The minimum Gasteiger partial charge on any atom is -0.314 e. The molecule has 9 heteroatoms. The number of aryl methyl sites for hydroxylation is 1. The molecule has 0 bridgehead atoms. The smallest absolute Gasteiger partial charge is 0.314 e. The fourth-order valence-electron chi connectivity index (χ4n) is 2.99. The van der Waals surface area contributed by atoms with E-state index in [1.54, 1.807) is 25.0 Å². The van der Waals surface area contributed by atoms with Gasteiger partial charge in [0.05, 0.1) is 11.3 Å². The van der Waals surface area contributed by atoms with E-state index in [0.29, 0.717) is 18.1 Å². The summed E-state index contributed by atoms with van der Waals surface area (Å²) in [6, 6.07) is 10.2. The predicted molar refractivity (Wildman–Crippen MR) is 115 cm³/mol. The lowest BCUT2D eigenvalue weighted by Crippen LogP contribution is -2.26. The number of hydrogen-bond donors (Lipinski definition) is 2. The third kappa shape index (κ3) is 6.65. The summed E-state index contributed by atoms with van der Waals surface area (Å²) in [6.45, 7) is 1.81. The molecular weight excluding hydrogens is 413 g/mol. The number of rotatable bonds is 6. The maximum Gasteiger partial charge on any atom is 0.417 e. The van der Waals surface area contributed by atoms with Crippen LogP contribution in [-0.2, 0) is 16.7 Å². The minimum absolute atomic E-state index is 0.267. The number of benzene rings is 2. The number of nitrogens with zero attached hydrogens (tertiary/aromatic N) is 2. The highest BCUT2D eigenvalue weighted by Crippen LogP contribution is 2.46. The minimum atomic E-state index is -4.35. The molecule has 30 heavy (non-hydrogen) atoms. The third-order valence-corrected chi connectivity index (χ3v) is 5.65. The number of hydrogen-bond acceptors (Lipinski definition) is 5. The lowest BCUT2D eigenvalue weighted by atomic mass is 10.0. The van der Waals surface area contributed by atoms with Crippen LogP contribution in [0.25, 0.3) is 0 Å². The number of amides is 1. The van der Waals surface area contributed by atoms with Gasteiger partial charge in [-0.3, -0.25) is 9.80 Å². The molecule has 0 radical (unpaired) electrons. The second kappa shape index (κ2) is 10.2. The topological polar surface area (TPSA) is 75.6 Å². The molecule has 2 aromatic rings. The first-order valence-electron chi connectivity index (χ1n) is 9.38. The first kappa shape index (κ1) is 24.0. The number of carbonyl (C=O) groups excluding carboxylic acids is 1. The highest BCUT2D eigenvalue weighted by atomic mass is 32.2. The Morgan fingerprint density at radius 2 is 1.80 bits per heavy atom. The van der Waals surface area contributed by atoms with E-state index in [0.717, 1.165) is 34.7 Å². The predicted octanol–water partition coefficient (Wildman–Crippen LogP) is 4.44. The Labute approximate surface area is 179 Å². The average molecular weight is 441 g/mol. The Hall–Kier alpha value is -2.23. The van der Waals surface area contributed by atoms with Gasteiger partial charge < -0.3 is 5.01 Å². The summed E-state index contributed by atoms with van der Waals surface area (Å²) in [7, 11) is 3.22. The summed E-state index contributed by atoms with van der Waals surface area (Å²) >= 11 is 1.23. The lowest BCUT2D eigenvalue weighted by Gasteiger charge is -2.21. The van der Waals surface area contributed by atoms with Gasteiger partial charge in [0.1, 0.15) is 0 Å². The summed E-state index contributed by atoms with van der Waals surface area (Å²) in [5.74, 6) is 11.7. The van der Waals surface area contributed by atoms with Crippen LogP contribution in [0.1, 0.15) is 41.0 Å². The molecule has 4 N–H and O–H groups in total. The summed E-state index contributed by atoms with van der Waals surface area (Å²) < 4.78 is 39.9. The Morgan fingerprint density at radius 3 is 2.30 bits per heavy atom. The maximum absolute atomic E-state index is 13.3. The fourth-order valence-corrected chi connectivity index (χ4v) is 4.21. The molecule has 1 saturated carbocycles. The number of thioether (sulfide) groups is 1. The number of hydrazine groups is 2.